The van der Waals surface area contributed by atoms with Crippen LogP contribution >= 0.6 is 11.6 Å². The highest BCUT2D eigenvalue weighted by atomic mass is 35.5. The fourth-order valence-corrected chi connectivity index (χ4v) is 4.00. The van der Waals surface area contributed by atoms with Crippen LogP contribution in [0.15, 0.2) is 78.9 Å². The summed E-state index contributed by atoms with van der Waals surface area (Å²) in [5.74, 6) is 1.39. The van der Waals surface area contributed by atoms with Crippen LogP contribution in [0.25, 0.3) is 11.0 Å². The average molecular weight is 448 g/mol. The number of hydrogen-bond donors (Lipinski definition) is 0. The number of ether oxygens (including phenoxy) is 1. The Balaban J connectivity index is 1.68. The van der Waals surface area contributed by atoms with Gasteiger partial charge >= 0.3 is 0 Å². The van der Waals surface area contributed by atoms with E-state index in [1.54, 1.807) is 12.1 Å². The molecule has 0 spiro atoms. The minimum Gasteiger partial charge on any atom is -0.483 e. The summed E-state index contributed by atoms with van der Waals surface area (Å²) in [7, 11) is 0. The number of rotatable bonds is 7. The number of carbonyl (C=O) groups excluding carboxylic acids is 1. The van der Waals surface area contributed by atoms with E-state index in [2.05, 4.69) is 0 Å². The van der Waals surface area contributed by atoms with Crippen molar-refractivity contribution in [2.24, 2.45) is 0 Å². The molecular formula is C26H26ClN3O2. The van der Waals surface area contributed by atoms with E-state index in [-0.39, 0.29) is 24.6 Å². The Morgan fingerprint density at radius 1 is 0.969 bits per heavy atom. The molecule has 164 valence electrons. The van der Waals surface area contributed by atoms with Crippen LogP contribution in [0.4, 0.5) is 5.69 Å². The first kappa shape index (κ1) is 21.9. The second kappa shape index (κ2) is 9.45. The summed E-state index contributed by atoms with van der Waals surface area (Å²) in [5, 5.41) is 0.650. The molecule has 0 bridgehead atoms. The number of aromatic nitrogens is 2. The molecule has 0 aliphatic rings. The average Bonchev–Trinajstić information content (AvgIpc) is 3.14. The van der Waals surface area contributed by atoms with E-state index in [1.165, 1.54) is 0 Å². The fraction of sp³-hybridized carbons (Fsp3) is 0.231. The van der Waals surface area contributed by atoms with Crippen molar-refractivity contribution in [2.75, 3.05) is 4.90 Å². The minimum atomic E-state index is -0.361. The Morgan fingerprint density at radius 3 is 2.31 bits per heavy atom. The van der Waals surface area contributed by atoms with Crippen LogP contribution in [-0.2, 0) is 11.3 Å². The second-order valence-corrected chi connectivity index (χ2v) is 8.39. The molecule has 1 amide bonds. The number of carbonyl (C=O) groups is 1. The van der Waals surface area contributed by atoms with Gasteiger partial charge in [0.25, 0.3) is 0 Å². The molecule has 4 rings (SSSR count). The third-order valence-corrected chi connectivity index (χ3v) is 5.54. The van der Waals surface area contributed by atoms with Crippen molar-refractivity contribution in [1.82, 2.24) is 9.55 Å². The maximum Gasteiger partial charge on any atom is 0.247 e. The quantitative estimate of drug-likeness (QED) is 0.335. The monoisotopic (exact) mass is 447 g/mol. The molecule has 4 aromatic rings. The van der Waals surface area contributed by atoms with E-state index >= 15 is 0 Å². The van der Waals surface area contributed by atoms with Gasteiger partial charge < -0.3 is 14.2 Å². The van der Waals surface area contributed by atoms with Gasteiger partial charge in [0.15, 0.2) is 11.9 Å². The van der Waals surface area contributed by atoms with Gasteiger partial charge in [-0.3, -0.25) is 4.79 Å². The molecule has 3 aromatic carbocycles. The highest BCUT2D eigenvalue weighted by Crippen LogP contribution is 2.27. The van der Waals surface area contributed by atoms with Gasteiger partial charge in [-0.25, -0.2) is 4.98 Å². The molecule has 0 saturated carbocycles. The Kier molecular flexibility index (Phi) is 6.47. The van der Waals surface area contributed by atoms with Crippen molar-refractivity contribution in [3.63, 3.8) is 0 Å². The van der Waals surface area contributed by atoms with Gasteiger partial charge in [0.1, 0.15) is 12.3 Å². The normalized spacial score (nSPS) is 12.2. The number of halogens is 1. The van der Waals surface area contributed by atoms with Crippen LogP contribution in [0.5, 0.6) is 5.75 Å². The second-order valence-electron chi connectivity index (χ2n) is 7.95. The molecule has 32 heavy (non-hydrogen) atoms. The first-order valence-corrected chi connectivity index (χ1v) is 11.1. The van der Waals surface area contributed by atoms with Gasteiger partial charge in [-0.2, -0.15) is 0 Å². The smallest absolute Gasteiger partial charge is 0.247 e. The van der Waals surface area contributed by atoms with Gasteiger partial charge in [-0.15, -0.1) is 0 Å². The maximum atomic E-state index is 13.5. The molecule has 0 saturated heterocycles. The van der Waals surface area contributed by atoms with Crippen molar-refractivity contribution >= 4 is 34.2 Å². The molecule has 0 N–H and O–H groups in total. The Labute approximate surface area is 193 Å². The van der Waals surface area contributed by atoms with Crippen LogP contribution in [0.1, 0.15) is 32.7 Å². The van der Waals surface area contributed by atoms with E-state index < -0.39 is 0 Å². The molecule has 6 heteroatoms. The Morgan fingerprint density at radius 2 is 1.62 bits per heavy atom. The van der Waals surface area contributed by atoms with E-state index in [9.17, 15) is 4.79 Å². The largest absolute Gasteiger partial charge is 0.483 e. The van der Waals surface area contributed by atoms with E-state index in [0.717, 1.165) is 16.7 Å². The molecule has 1 aromatic heterocycles. The van der Waals surface area contributed by atoms with Crippen LogP contribution in [-0.4, -0.2) is 21.5 Å². The third kappa shape index (κ3) is 4.63. The lowest BCUT2D eigenvalue weighted by Crippen LogP contribution is -2.39. The van der Waals surface area contributed by atoms with Crippen LogP contribution in [0.3, 0.4) is 0 Å². The summed E-state index contributed by atoms with van der Waals surface area (Å²) in [6.07, 6.45) is -0.361. The third-order valence-electron chi connectivity index (χ3n) is 5.29. The molecular weight excluding hydrogens is 422 g/mol. The van der Waals surface area contributed by atoms with Gasteiger partial charge in [0.2, 0.25) is 5.91 Å². The molecule has 0 aliphatic carbocycles. The lowest BCUT2D eigenvalue weighted by Gasteiger charge is -2.28. The van der Waals surface area contributed by atoms with Crippen molar-refractivity contribution in [2.45, 2.75) is 39.5 Å². The number of para-hydroxylation sites is 3. The maximum absolute atomic E-state index is 13.5. The minimum absolute atomic E-state index is 0.00528. The van der Waals surface area contributed by atoms with Crippen LogP contribution < -0.4 is 9.64 Å². The van der Waals surface area contributed by atoms with Gasteiger partial charge in [0.05, 0.1) is 11.0 Å². The molecule has 1 heterocycles. The first-order chi connectivity index (χ1) is 15.4. The number of anilines is 1. The molecule has 0 radical (unpaired) electrons. The van der Waals surface area contributed by atoms with E-state index in [1.807, 2.05) is 97.0 Å². The molecule has 1 unspecified atom stereocenters. The fourth-order valence-electron chi connectivity index (χ4n) is 3.87. The summed E-state index contributed by atoms with van der Waals surface area (Å²) in [6.45, 7) is 6.14. The number of imidazole rings is 1. The number of fused-ring (bicyclic) bond motifs is 1. The molecule has 0 aliphatic heterocycles. The van der Waals surface area contributed by atoms with Crippen LogP contribution in [0.2, 0.25) is 5.02 Å². The lowest BCUT2D eigenvalue weighted by atomic mass is 10.2. The predicted octanol–water partition coefficient (Wildman–Crippen LogP) is 6.27. The van der Waals surface area contributed by atoms with Gasteiger partial charge in [-0.05, 0) is 69.3 Å². The zero-order valence-corrected chi connectivity index (χ0v) is 19.2. The zero-order valence-electron chi connectivity index (χ0n) is 18.4. The number of hydrogen-bond acceptors (Lipinski definition) is 3. The number of amides is 1. The molecule has 1 atom stereocenters. The van der Waals surface area contributed by atoms with Crippen molar-refractivity contribution in [3.05, 3.63) is 89.7 Å². The topological polar surface area (TPSA) is 47.4 Å². The standard InChI is InChI=1S/C26H26ClN3O2/c1-18(2)30(21-9-5-4-6-10-21)25(31)17-29-24-12-8-7-11-23(24)28-26(29)19(3)32-22-15-13-20(27)14-16-22/h4-16,18-19H,17H2,1-3H3. The number of benzene rings is 3. The zero-order chi connectivity index (χ0) is 22.7. The summed E-state index contributed by atoms with van der Waals surface area (Å²) < 4.78 is 8.09. The number of nitrogens with zero attached hydrogens (tertiary/aromatic N) is 3. The Bertz CT molecular complexity index is 1200. The van der Waals surface area contributed by atoms with E-state index in [4.69, 9.17) is 21.3 Å². The lowest BCUT2D eigenvalue weighted by molar-refractivity contribution is -0.119. The van der Waals surface area contributed by atoms with Crippen molar-refractivity contribution in [1.29, 1.82) is 0 Å². The van der Waals surface area contributed by atoms with Crippen molar-refractivity contribution < 1.29 is 9.53 Å². The Hall–Kier alpha value is -3.31. The van der Waals surface area contributed by atoms with E-state index in [0.29, 0.717) is 16.6 Å². The highest BCUT2D eigenvalue weighted by Gasteiger charge is 2.24. The first-order valence-electron chi connectivity index (χ1n) is 10.7. The van der Waals surface area contributed by atoms with Gasteiger partial charge in [-0.1, -0.05) is 41.9 Å². The summed E-state index contributed by atoms with van der Waals surface area (Å²) in [6, 6.07) is 24.8. The molecule has 5 nitrogen and oxygen atoms in total. The molecule has 0 fully saturated rings. The summed E-state index contributed by atoms with van der Waals surface area (Å²) in [4.78, 5) is 20.1. The van der Waals surface area contributed by atoms with Gasteiger partial charge in [0, 0.05) is 16.8 Å². The summed E-state index contributed by atoms with van der Waals surface area (Å²) >= 11 is 5.99. The summed E-state index contributed by atoms with van der Waals surface area (Å²) in [5.41, 5.74) is 2.61. The highest BCUT2D eigenvalue weighted by molar-refractivity contribution is 6.30. The van der Waals surface area contributed by atoms with Crippen molar-refractivity contribution in [3.8, 4) is 5.75 Å². The SMILES string of the molecule is CC(Oc1ccc(Cl)cc1)c1nc2ccccc2n1CC(=O)N(c1ccccc1)C(C)C. The van der Waals surface area contributed by atoms with Crippen LogP contribution in [0, 0.1) is 0 Å². The predicted molar refractivity (Wildman–Crippen MR) is 129 cm³/mol.